The maximum absolute atomic E-state index is 12.7. The molecule has 27 heavy (non-hydrogen) atoms. The van der Waals surface area contributed by atoms with Crippen LogP contribution in [0.25, 0.3) is 5.65 Å². The van der Waals surface area contributed by atoms with Gasteiger partial charge in [-0.15, -0.1) is 0 Å². The van der Waals surface area contributed by atoms with Gasteiger partial charge in [-0.2, -0.15) is 0 Å². The molecule has 1 N–H and O–H groups in total. The fraction of sp³-hybridized carbons (Fsp3) is 0.550. The molecule has 3 heterocycles. The number of pyridine rings is 1. The molecule has 0 spiro atoms. The van der Waals surface area contributed by atoms with Crippen LogP contribution in [0.2, 0.25) is 0 Å². The summed E-state index contributed by atoms with van der Waals surface area (Å²) >= 11 is 0. The Kier molecular flexibility index (Phi) is 6.23. The highest BCUT2D eigenvalue weighted by atomic mass is 16.5. The van der Waals surface area contributed by atoms with Crippen molar-refractivity contribution < 1.29 is 9.53 Å². The second kappa shape index (κ2) is 8.63. The molecule has 1 saturated heterocycles. The molecule has 1 fully saturated rings. The van der Waals surface area contributed by atoms with E-state index in [1.54, 1.807) is 12.3 Å². The standard InChI is InChI=1S/C20H28N4O3/c1-14(2)10-16(23-6-8-27-9-7-23)11-22-19(25)17-12-21-18-5-4-15(3)13-24(18)20(17)26/h4-5,12-14,16H,6-11H2,1-3H3,(H,22,25). The lowest BCUT2D eigenvalue weighted by molar-refractivity contribution is 0.0124. The van der Waals surface area contributed by atoms with Gasteiger partial charge in [0.05, 0.1) is 13.2 Å². The van der Waals surface area contributed by atoms with Gasteiger partial charge in [-0.3, -0.25) is 18.9 Å². The van der Waals surface area contributed by atoms with Crippen molar-refractivity contribution >= 4 is 11.6 Å². The molecular formula is C20H28N4O3. The van der Waals surface area contributed by atoms with E-state index in [0.29, 0.717) is 18.1 Å². The molecule has 0 aliphatic carbocycles. The van der Waals surface area contributed by atoms with Gasteiger partial charge in [0.25, 0.3) is 11.5 Å². The van der Waals surface area contributed by atoms with Crippen molar-refractivity contribution in [2.45, 2.75) is 33.2 Å². The molecule has 1 aliphatic rings. The Hall–Kier alpha value is -2.25. The highest BCUT2D eigenvalue weighted by Gasteiger charge is 2.23. The van der Waals surface area contributed by atoms with E-state index in [1.165, 1.54) is 10.6 Å². The summed E-state index contributed by atoms with van der Waals surface area (Å²) < 4.78 is 6.86. The minimum atomic E-state index is -0.370. The van der Waals surface area contributed by atoms with Gasteiger partial charge in [-0.05, 0) is 30.9 Å². The normalized spacial score (nSPS) is 16.6. The Morgan fingerprint density at radius 1 is 1.30 bits per heavy atom. The molecule has 1 amide bonds. The fourth-order valence-corrected chi connectivity index (χ4v) is 3.49. The van der Waals surface area contributed by atoms with Crippen LogP contribution in [0.4, 0.5) is 0 Å². The van der Waals surface area contributed by atoms with E-state index in [4.69, 9.17) is 4.74 Å². The SMILES string of the molecule is Cc1ccc2ncc(C(=O)NCC(CC(C)C)N3CCOCC3)c(=O)n2c1. The summed E-state index contributed by atoms with van der Waals surface area (Å²) in [4.78, 5) is 31.9. The molecule has 7 nitrogen and oxygen atoms in total. The topological polar surface area (TPSA) is 75.9 Å². The van der Waals surface area contributed by atoms with Crippen LogP contribution in [0.3, 0.4) is 0 Å². The van der Waals surface area contributed by atoms with E-state index in [9.17, 15) is 9.59 Å². The first-order valence-corrected chi connectivity index (χ1v) is 9.53. The van der Waals surface area contributed by atoms with Crippen molar-refractivity contribution in [1.82, 2.24) is 19.6 Å². The Labute approximate surface area is 159 Å². The zero-order valence-electron chi connectivity index (χ0n) is 16.3. The van der Waals surface area contributed by atoms with Crippen molar-refractivity contribution in [3.8, 4) is 0 Å². The fourth-order valence-electron chi connectivity index (χ4n) is 3.49. The van der Waals surface area contributed by atoms with Crippen LogP contribution in [-0.2, 0) is 4.74 Å². The second-order valence-corrected chi connectivity index (χ2v) is 7.55. The molecule has 0 bridgehead atoms. The average Bonchev–Trinajstić information content (AvgIpc) is 2.66. The van der Waals surface area contributed by atoms with Gasteiger partial charge in [0.2, 0.25) is 0 Å². The number of carbonyl (C=O) groups is 1. The van der Waals surface area contributed by atoms with Crippen LogP contribution >= 0.6 is 0 Å². The van der Waals surface area contributed by atoms with E-state index in [0.717, 1.165) is 38.3 Å². The van der Waals surface area contributed by atoms with Gasteiger partial charge in [0.1, 0.15) is 11.2 Å². The summed E-state index contributed by atoms with van der Waals surface area (Å²) in [6, 6.07) is 3.90. The minimum absolute atomic E-state index is 0.0726. The van der Waals surface area contributed by atoms with Crippen molar-refractivity contribution in [3.05, 3.63) is 46.0 Å². The van der Waals surface area contributed by atoms with Crippen molar-refractivity contribution in [1.29, 1.82) is 0 Å². The van der Waals surface area contributed by atoms with Gasteiger partial charge in [-0.25, -0.2) is 4.98 Å². The van der Waals surface area contributed by atoms with E-state index < -0.39 is 0 Å². The molecule has 2 aromatic heterocycles. The third-order valence-electron chi connectivity index (χ3n) is 4.90. The highest BCUT2D eigenvalue weighted by molar-refractivity contribution is 5.93. The third-order valence-corrected chi connectivity index (χ3v) is 4.90. The number of fused-ring (bicyclic) bond motifs is 1. The second-order valence-electron chi connectivity index (χ2n) is 7.55. The molecule has 1 unspecified atom stereocenters. The molecule has 1 atom stereocenters. The number of nitrogens with zero attached hydrogens (tertiary/aromatic N) is 3. The Morgan fingerprint density at radius 2 is 2.04 bits per heavy atom. The molecule has 7 heteroatoms. The zero-order chi connectivity index (χ0) is 19.4. The van der Waals surface area contributed by atoms with Crippen LogP contribution < -0.4 is 10.9 Å². The van der Waals surface area contributed by atoms with E-state index in [-0.39, 0.29) is 23.1 Å². The number of nitrogens with one attached hydrogen (secondary N) is 1. The number of carbonyl (C=O) groups excluding carboxylic acids is 1. The number of aryl methyl sites for hydroxylation is 1. The van der Waals surface area contributed by atoms with Crippen LogP contribution in [0.5, 0.6) is 0 Å². The number of hydrogen-bond acceptors (Lipinski definition) is 5. The van der Waals surface area contributed by atoms with Crippen LogP contribution in [0.15, 0.2) is 29.3 Å². The molecular weight excluding hydrogens is 344 g/mol. The Morgan fingerprint density at radius 3 is 2.74 bits per heavy atom. The van der Waals surface area contributed by atoms with E-state index in [1.807, 2.05) is 13.0 Å². The molecule has 3 rings (SSSR count). The van der Waals surface area contributed by atoms with Crippen LogP contribution in [-0.4, -0.2) is 59.1 Å². The molecule has 146 valence electrons. The van der Waals surface area contributed by atoms with Crippen LogP contribution in [0.1, 0.15) is 36.2 Å². The van der Waals surface area contributed by atoms with Gasteiger partial charge >= 0.3 is 0 Å². The number of aromatic nitrogens is 2. The number of hydrogen-bond donors (Lipinski definition) is 1. The third kappa shape index (κ3) is 4.73. The molecule has 0 radical (unpaired) electrons. The van der Waals surface area contributed by atoms with Gasteiger partial charge < -0.3 is 10.1 Å². The monoisotopic (exact) mass is 372 g/mol. The summed E-state index contributed by atoms with van der Waals surface area (Å²) in [6.07, 6.45) is 4.06. The summed E-state index contributed by atoms with van der Waals surface area (Å²) in [5.74, 6) is 0.149. The van der Waals surface area contributed by atoms with Crippen molar-refractivity contribution in [2.24, 2.45) is 5.92 Å². The molecule has 1 aliphatic heterocycles. The van der Waals surface area contributed by atoms with Crippen LogP contribution in [0, 0.1) is 12.8 Å². The molecule has 2 aromatic rings. The predicted octanol–water partition coefficient (Wildman–Crippen LogP) is 1.48. The Balaban J connectivity index is 1.74. The lowest BCUT2D eigenvalue weighted by atomic mass is 10.0. The van der Waals surface area contributed by atoms with E-state index >= 15 is 0 Å². The molecule has 0 aromatic carbocycles. The summed E-state index contributed by atoms with van der Waals surface area (Å²) in [5.41, 5.74) is 1.21. The summed E-state index contributed by atoms with van der Waals surface area (Å²) in [7, 11) is 0. The summed E-state index contributed by atoms with van der Waals surface area (Å²) in [5, 5.41) is 2.95. The lowest BCUT2D eigenvalue weighted by Gasteiger charge is -2.35. The van der Waals surface area contributed by atoms with Crippen molar-refractivity contribution in [2.75, 3.05) is 32.8 Å². The lowest BCUT2D eigenvalue weighted by Crippen LogP contribution is -2.49. The van der Waals surface area contributed by atoms with Crippen molar-refractivity contribution in [3.63, 3.8) is 0 Å². The number of ether oxygens (including phenoxy) is 1. The van der Waals surface area contributed by atoms with Gasteiger partial charge in [-0.1, -0.05) is 19.9 Å². The first-order chi connectivity index (χ1) is 13.0. The average molecular weight is 372 g/mol. The summed E-state index contributed by atoms with van der Waals surface area (Å²) in [6.45, 7) is 9.94. The minimum Gasteiger partial charge on any atom is -0.379 e. The first kappa shape index (κ1) is 19.5. The zero-order valence-corrected chi connectivity index (χ0v) is 16.3. The van der Waals surface area contributed by atoms with Gasteiger partial charge in [0.15, 0.2) is 0 Å². The van der Waals surface area contributed by atoms with Gasteiger partial charge in [0, 0.05) is 38.1 Å². The first-order valence-electron chi connectivity index (χ1n) is 9.53. The molecule has 0 saturated carbocycles. The Bertz CT molecular complexity index is 856. The largest absolute Gasteiger partial charge is 0.379 e. The van der Waals surface area contributed by atoms with E-state index in [2.05, 4.69) is 29.0 Å². The number of morpholine rings is 1. The highest BCUT2D eigenvalue weighted by Crippen LogP contribution is 2.13. The predicted molar refractivity (Wildman–Crippen MR) is 104 cm³/mol. The maximum atomic E-state index is 12.7. The maximum Gasteiger partial charge on any atom is 0.270 e. The number of rotatable bonds is 6. The smallest absolute Gasteiger partial charge is 0.270 e. The number of amides is 1. The quantitative estimate of drug-likeness (QED) is 0.831.